The van der Waals surface area contributed by atoms with Crippen molar-refractivity contribution in [3.05, 3.63) is 0 Å². The van der Waals surface area contributed by atoms with Crippen LogP contribution in [-0.4, -0.2) is 25.2 Å². The average molecular weight is 158 g/mol. The van der Waals surface area contributed by atoms with Crippen molar-refractivity contribution in [2.24, 2.45) is 0 Å². The van der Waals surface area contributed by atoms with Gasteiger partial charge in [-0.05, 0) is 34.2 Å². The van der Waals surface area contributed by atoms with Crippen LogP contribution in [0.2, 0.25) is 0 Å². The minimum absolute atomic E-state index is 0.274. The molecular weight excluding hydrogens is 136 g/mol. The van der Waals surface area contributed by atoms with Gasteiger partial charge in [0.05, 0.1) is 0 Å². The maximum Gasteiger partial charge on any atom is 0.0169 e. The summed E-state index contributed by atoms with van der Waals surface area (Å²) in [6.45, 7) is 9.91. The van der Waals surface area contributed by atoms with E-state index in [-0.39, 0.29) is 5.54 Å². The van der Waals surface area contributed by atoms with E-state index in [1.807, 2.05) is 7.05 Å². The van der Waals surface area contributed by atoms with E-state index in [9.17, 15) is 0 Å². The van der Waals surface area contributed by atoms with Crippen LogP contribution in [0.1, 0.15) is 34.1 Å². The van der Waals surface area contributed by atoms with Gasteiger partial charge in [0.1, 0.15) is 0 Å². The molecule has 0 heterocycles. The van der Waals surface area contributed by atoms with Crippen LogP contribution >= 0.6 is 0 Å². The summed E-state index contributed by atoms with van der Waals surface area (Å²) < 4.78 is 0. The average Bonchev–Trinajstić information content (AvgIpc) is 1.87. The van der Waals surface area contributed by atoms with Crippen molar-refractivity contribution in [2.75, 3.05) is 13.6 Å². The third-order valence-corrected chi connectivity index (χ3v) is 2.03. The van der Waals surface area contributed by atoms with Gasteiger partial charge < -0.3 is 10.6 Å². The zero-order valence-corrected chi connectivity index (χ0v) is 8.49. The second-order valence-electron chi connectivity index (χ2n) is 3.84. The van der Waals surface area contributed by atoms with Gasteiger partial charge in [-0.3, -0.25) is 0 Å². The number of rotatable bonds is 5. The first-order valence-electron chi connectivity index (χ1n) is 4.44. The van der Waals surface area contributed by atoms with Crippen LogP contribution < -0.4 is 10.6 Å². The van der Waals surface area contributed by atoms with E-state index in [0.717, 1.165) is 6.54 Å². The topological polar surface area (TPSA) is 24.1 Å². The Morgan fingerprint density at radius 1 is 1.36 bits per heavy atom. The van der Waals surface area contributed by atoms with Gasteiger partial charge >= 0.3 is 0 Å². The lowest BCUT2D eigenvalue weighted by Crippen LogP contribution is -2.47. The first kappa shape index (κ1) is 10.9. The largest absolute Gasteiger partial charge is 0.318 e. The van der Waals surface area contributed by atoms with Gasteiger partial charge in [-0.2, -0.15) is 0 Å². The van der Waals surface area contributed by atoms with Crippen molar-refractivity contribution >= 4 is 0 Å². The molecule has 0 aliphatic carbocycles. The molecule has 0 aliphatic rings. The SMILES string of the molecule is CCC(C)(C)NC(C)CNC. The molecule has 0 amide bonds. The highest BCUT2D eigenvalue weighted by molar-refractivity contribution is 4.79. The van der Waals surface area contributed by atoms with E-state index in [1.54, 1.807) is 0 Å². The highest BCUT2D eigenvalue weighted by Crippen LogP contribution is 2.07. The number of likely N-dealkylation sites (N-methyl/N-ethyl adjacent to an activating group) is 1. The van der Waals surface area contributed by atoms with Gasteiger partial charge in [-0.15, -0.1) is 0 Å². The molecule has 0 aliphatic heterocycles. The first-order valence-corrected chi connectivity index (χ1v) is 4.44. The molecule has 0 fully saturated rings. The Kier molecular flexibility index (Phi) is 4.69. The Bertz CT molecular complexity index is 99.7. The number of nitrogens with one attached hydrogen (secondary N) is 2. The van der Waals surface area contributed by atoms with Crippen molar-refractivity contribution in [1.82, 2.24) is 10.6 Å². The van der Waals surface area contributed by atoms with Gasteiger partial charge in [0.15, 0.2) is 0 Å². The summed E-state index contributed by atoms with van der Waals surface area (Å²) in [5.41, 5.74) is 0.274. The predicted octanol–water partition coefficient (Wildman–Crippen LogP) is 1.37. The van der Waals surface area contributed by atoms with Crippen LogP contribution in [-0.2, 0) is 0 Å². The van der Waals surface area contributed by atoms with E-state index in [4.69, 9.17) is 0 Å². The quantitative estimate of drug-likeness (QED) is 0.631. The van der Waals surface area contributed by atoms with E-state index in [0.29, 0.717) is 6.04 Å². The molecule has 0 aromatic rings. The Hall–Kier alpha value is -0.0800. The fourth-order valence-corrected chi connectivity index (χ4v) is 1.13. The van der Waals surface area contributed by atoms with Crippen LogP contribution in [0.25, 0.3) is 0 Å². The number of hydrogen-bond acceptors (Lipinski definition) is 2. The zero-order chi connectivity index (χ0) is 8.91. The maximum absolute atomic E-state index is 3.54. The summed E-state index contributed by atoms with van der Waals surface area (Å²) in [6, 6.07) is 0.551. The highest BCUT2D eigenvalue weighted by atomic mass is 15.0. The molecule has 11 heavy (non-hydrogen) atoms. The van der Waals surface area contributed by atoms with Crippen molar-refractivity contribution in [2.45, 2.75) is 45.7 Å². The molecule has 0 bridgehead atoms. The minimum Gasteiger partial charge on any atom is -0.318 e. The Balaban J connectivity index is 3.64. The minimum atomic E-state index is 0.274. The van der Waals surface area contributed by atoms with Crippen molar-refractivity contribution in [3.8, 4) is 0 Å². The molecule has 0 aromatic heterocycles. The molecule has 0 saturated heterocycles. The highest BCUT2D eigenvalue weighted by Gasteiger charge is 2.16. The lowest BCUT2D eigenvalue weighted by molar-refractivity contribution is 0.330. The van der Waals surface area contributed by atoms with Gasteiger partial charge in [0.2, 0.25) is 0 Å². The summed E-state index contributed by atoms with van der Waals surface area (Å²) >= 11 is 0. The van der Waals surface area contributed by atoms with Crippen LogP contribution in [0.15, 0.2) is 0 Å². The molecule has 1 unspecified atom stereocenters. The maximum atomic E-state index is 3.54. The molecule has 0 rings (SSSR count). The Morgan fingerprint density at radius 3 is 2.27 bits per heavy atom. The molecule has 0 saturated carbocycles. The first-order chi connectivity index (χ1) is 5.02. The van der Waals surface area contributed by atoms with Crippen LogP contribution in [0.4, 0.5) is 0 Å². The summed E-state index contributed by atoms with van der Waals surface area (Å²) in [5, 5.41) is 6.70. The fraction of sp³-hybridized carbons (Fsp3) is 1.00. The lowest BCUT2D eigenvalue weighted by Gasteiger charge is -2.28. The smallest absolute Gasteiger partial charge is 0.0169 e. The van der Waals surface area contributed by atoms with Crippen molar-refractivity contribution in [1.29, 1.82) is 0 Å². The molecule has 2 heteroatoms. The Labute approximate surface area is 70.8 Å². The van der Waals surface area contributed by atoms with E-state index in [2.05, 4.69) is 38.3 Å². The fourth-order valence-electron chi connectivity index (χ4n) is 1.13. The zero-order valence-electron chi connectivity index (χ0n) is 8.49. The Morgan fingerprint density at radius 2 is 1.91 bits per heavy atom. The molecule has 1 atom stereocenters. The van der Waals surface area contributed by atoms with Gasteiger partial charge in [-0.1, -0.05) is 6.92 Å². The summed E-state index contributed by atoms with van der Waals surface area (Å²) in [6.07, 6.45) is 1.17. The van der Waals surface area contributed by atoms with Crippen molar-refractivity contribution < 1.29 is 0 Å². The second kappa shape index (κ2) is 4.73. The van der Waals surface area contributed by atoms with Gasteiger partial charge in [0, 0.05) is 18.1 Å². The van der Waals surface area contributed by atoms with Crippen molar-refractivity contribution in [3.63, 3.8) is 0 Å². The molecule has 2 nitrogen and oxygen atoms in total. The summed E-state index contributed by atoms with van der Waals surface area (Å²) in [5.74, 6) is 0. The molecular formula is C9H22N2. The summed E-state index contributed by atoms with van der Waals surface area (Å²) in [4.78, 5) is 0. The molecule has 0 spiro atoms. The molecule has 68 valence electrons. The van der Waals surface area contributed by atoms with E-state index >= 15 is 0 Å². The van der Waals surface area contributed by atoms with E-state index in [1.165, 1.54) is 6.42 Å². The second-order valence-corrected chi connectivity index (χ2v) is 3.84. The monoisotopic (exact) mass is 158 g/mol. The van der Waals surface area contributed by atoms with E-state index < -0.39 is 0 Å². The predicted molar refractivity (Wildman–Crippen MR) is 50.9 cm³/mol. The molecule has 0 aromatic carbocycles. The molecule has 2 N–H and O–H groups in total. The molecule has 0 radical (unpaired) electrons. The standard InChI is InChI=1S/C9H22N2/c1-6-9(3,4)11-8(2)7-10-5/h8,10-11H,6-7H2,1-5H3. The third kappa shape index (κ3) is 5.22. The van der Waals surface area contributed by atoms with Crippen LogP contribution in [0.5, 0.6) is 0 Å². The normalized spacial score (nSPS) is 15.0. The van der Waals surface area contributed by atoms with Crippen LogP contribution in [0, 0.1) is 0 Å². The third-order valence-electron chi connectivity index (χ3n) is 2.03. The summed E-state index contributed by atoms with van der Waals surface area (Å²) in [7, 11) is 1.98. The lowest BCUT2D eigenvalue weighted by atomic mass is 10.0. The van der Waals surface area contributed by atoms with Gasteiger partial charge in [0.25, 0.3) is 0 Å². The van der Waals surface area contributed by atoms with Gasteiger partial charge in [-0.25, -0.2) is 0 Å². The van der Waals surface area contributed by atoms with Crippen LogP contribution in [0.3, 0.4) is 0 Å². The number of hydrogen-bond donors (Lipinski definition) is 2.